The summed E-state index contributed by atoms with van der Waals surface area (Å²) in [5.41, 5.74) is 1.46. The Morgan fingerprint density at radius 3 is 2.05 bits per heavy atom. The minimum Gasteiger partial charge on any atom is -0.338 e. The maximum atomic E-state index is 12.7. The fraction of sp³-hybridized carbons (Fsp3) is 0.133. The third-order valence-electron chi connectivity index (χ3n) is 2.71. The maximum Gasteiger partial charge on any atom is 0.319 e. The highest BCUT2D eigenvalue weighted by molar-refractivity contribution is 5.89. The van der Waals surface area contributed by atoms with Crippen molar-refractivity contribution >= 4 is 11.7 Å². The van der Waals surface area contributed by atoms with Gasteiger partial charge in [-0.25, -0.2) is 13.6 Å². The minimum absolute atomic E-state index is 0.282. The van der Waals surface area contributed by atoms with Gasteiger partial charge in [0.1, 0.15) is 11.6 Å². The molecule has 0 aliphatic rings. The lowest BCUT2D eigenvalue weighted by atomic mass is 10.1. The van der Waals surface area contributed by atoms with Crippen molar-refractivity contribution in [2.24, 2.45) is 0 Å². The SMILES string of the molecule is O=C(NCCc1ccc(F)cc1)Nc1ccc(F)cc1. The highest BCUT2D eigenvalue weighted by Gasteiger charge is 2.01. The number of nitrogens with one attached hydrogen (secondary N) is 2. The Bertz CT molecular complexity index is 567. The summed E-state index contributed by atoms with van der Waals surface area (Å²) < 4.78 is 25.4. The lowest BCUT2D eigenvalue weighted by Crippen LogP contribution is -2.30. The standard InChI is InChI=1S/C15H14F2N2O/c16-12-3-1-11(2-4-12)9-10-18-15(20)19-14-7-5-13(17)6-8-14/h1-8H,9-10H2,(H2,18,19,20). The van der Waals surface area contributed by atoms with Crippen LogP contribution in [0.25, 0.3) is 0 Å². The number of carbonyl (C=O) groups excluding carboxylic acids is 1. The van der Waals surface area contributed by atoms with Gasteiger partial charge in [-0.1, -0.05) is 12.1 Å². The summed E-state index contributed by atoms with van der Waals surface area (Å²) in [5, 5.41) is 5.26. The summed E-state index contributed by atoms with van der Waals surface area (Å²) in [6.07, 6.45) is 0.608. The van der Waals surface area contributed by atoms with Gasteiger partial charge in [0.2, 0.25) is 0 Å². The molecule has 0 aromatic heterocycles. The fourth-order valence-corrected chi connectivity index (χ4v) is 1.68. The molecule has 5 heteroatoms. The molecule has 2 rings (SSSR count). The Labute approximate surface area is 115 Å². The Hall–Kier alpha value is -2.43. The minimum atomic E-state index is -0.362. The van der Waals surface area contributed by atoms with Crippen molar-refractivity contribution in [2.75, 3.05) is 11.9 Å². The largest absolute Gasteiger partial charge is 0.338 e. The highest BCUT2D eigenvalue weighted by Crippen LogP contribution is 2.07. The van der Waals surface area contributed by atoms with Gasteiger partial charge < -0.3 is 10.6 Å². The second-order valence-electron chi connectivity index (χ2n) is 4.26. The van der Waals surface area contributed by atoms with Crippen LogP contribution in [-0.2, 0) is 6.42 Å². The van der Waals surface area contributed by atoms with Gasteiger partial charge in [-0.15, -0.1) is 0 Å². The number of halogens is 2. The van der Waals surface area contributed by atoms with E-state index >= 15 is 0 Å². The number of benzene rings is 2. The second kappa shape index (κ2) is 6.65. The van der Waals surface area contributed by atoms with Crippen LogP contribution >= 0.6 is 0 Å². The zero-order valence-corrected chi connectivity index (χ0v) is 10.7. The van der Waals surface area contributed by atoms with Crippen LogP contribution in [0.1, 0.15) is 5.56 Å². The van der Waals surface area contributed by atoms with Crippen LogP contribution in [0.3, 0.4) is 0 Å². The summed E-state index contributed by atoms with van der Waals surface area (Å²) in [5.74, 6) is -0.636. The summed E-state index contributed by atoms with van der Waals surface area (Å²) >= 11 is 0. The van der Waals surface area contributed by atoms with Gasteiger partial charge in [-0.3, -0.25) is 0 Å². The molecule has 3 nitrogen and oxygen atoms in total. The molecule has 0 saturated heterocycles. The molecule has 2 aromatic rings. The summed E-state index contributed by atoms with van der Waals surface area (Å²) in [7, 11) is 0. The summed E-state index contributed by atoms with van der Waals surface area (Å²) in [6, 6.07) is 11.3. The highest BCUT2D eigenvalue weighted by atomic mass is 19.1. The first kappa shape index (κ1) is 14.0. The smallest absolute Gasteiger partial charge is 0.319 e. The van der Waals surface area contributed by atoms with Gasteiger partial charge in [0.15, 0.2) is 0 Å². The number of carbonyl (C=O) groups is 1. The molecule has 0 radical (unpaired) electrons. The van der Waals surface area contributed by atoms with Crippen LogP contribution in [-0.4, -0.2) is 12.6 Å². The molecule has 0 spiro atoms. The second-order valence-corrected chi connectivity index (χ2v) is 4.26. The molecular formula is C15H14F2N2O. The zero-order chi connectivity index (χ0) is 14.4. The lowest BCUT2D eigenvalue weighted by molar-refractivity contribution is 0.252. The number of hydrogen-bond donors (Lipinski definition) is 2. The molecule has 2 amide bonds. The predicted octanol–water partition coefficient (Wildman–Crippen LogP) is 3.33. The molecule has 2 aromatic carbocycles. The zero-order valence-electron chi connectivity index (χ0n) is 10.7. The molecule has 0 aliphatic heterocycles. The van der Waals surface area contributed by atoms with Crippen LogP contribution in [0.2, 0.25) is 0 Å². The Balaban J connectivity index is 1.75. The van der Waals surface area contributed by atoms with Crippen molar-refractivity contribution in [2.45, 2.75) is 6.42 Å². The Kier molecular flexibility index (Phi) is 4.65. The van der Waals surface area contributed by atoms with Crippen molar-refractivity contribution in [1.82, 2.24) is 5.32 Å². The fourth-order valence-electron chi connectivity index (χ4n) is 1.68. The summed E-state index contributed by atoms with van der Waals surface area (Å²) in [6.45, 7) is 0.429. The summed E-state index contributed by atoms with van der Waals surface area (Å²) in [4.78, 5) is 11.6. The molecule has 104 valence electrons. The van der Waals surface area contributed by atoms with E-state index in [0.29, 0.717) is 18.7 Å². The predicted molar refractivity (Wildman–Crippen MR) is 73.5 cm³/mol. The quantitative estimate of drug-likeness (QED) is 0.883. The van der Waals surface area contributed by atoms with Gasteiger partial charge >= 0.3 is 6.03 Å². The molecule has 2 N–H and O–H groups in total. The van der Waals surface area contributed by atoms with Crippen molar-refractivity contribution < 1.29 is 13.6 Å². The van der Waals surface area contributed by atoms with E-state index in [1.165, 1.54) is 36.4 Å². The average molecular weight is 276 g/mol. The molecule has 0 aliphatic carbocycles. The van der Waals surface area contributed by atoms with E-state index in [1.54, 1.807) is 12.1 Å². The Morgan fingerprint density at radius 2 is 1.45 bits per heavy atom. The number of rotatable bonds is 4. The normalized spacial score (nSPS) is 10.1. The third-order valence-corrected chi connectivity index (χ3v) is 2.71. The monoisotopic (exact) mass is 276 g/mol. The molecule has 0 atom stereocenters. The van der Waals surface area contributed by atoms with Crippen molar-refractivity contribution in [3.05, 3.63) is 65.7 Å². The molecule has 0 bridgehead atoms. The van der Waals surface area contributed by atoms with E-state index in [4.69, 9.17) is 0 Å². The molecule has 0 heterocycles. The number of urea groups is 1. The topological polar surface area (TPSA) is 41.1 Å². The van der Waals surface area contributed by atoms with Crippen LogP contribution in [0.4, 0.5) is 19.3 Å². The third kappa shape index (κ3) is 4.35. The van der Waals surface area contributed by atoms with E-state index < -0.39 is 0 Å². The first-order valence-electron chi connectivity index (χ1n) is 6.18. The Morgan fingerprint density at radius 1 is 0.900 bits per heavy atom. The van der Waals surface area contributed by atoms with Crippen molar-refractivity contribution in [3.63, 3.8) is 0 Å². The first-order valence-corrected chi connectivity index (χ1v) is 6.18. The number of hydrogen-bond acceptors (Lipinski definition) is 1. The van der Waals surface area contributed by atoms with Gasteiger partial charge in [-0.2, -0.15) is 0 Å². The van der Waals surface area contributed by atoms with Gasteiger partial charge in [-0.05, 0) is 48.4 Å². The van der Waals surface area contributed by atoms with Crippen molar-refractivity contribution in [3.8, 4) is 0 Å². The van der Waals surface area contributed by atoms with E-state index in [2.05, 4.69) is 10.6 Å². The first-order chi connectivity index (χ1) is 9.63. The van der Waals surface area contributed by atoms with E-state index in [9.17, 15) is 13.6 Å². The van der Waals surface area contributed by atoms with Crippen LogP contribution in [0, 0.1) is 11.6 Å². The average Bonchev–Trinajstić information content (AvgIpc) is 2.44. The lowest BCUT2D eigenvalue weighted by Gasteiger charge is -2.07. The van der Waals surface area contributed by atoms with Gasteiger partial charge in [0.25, 0.3) is 0 Å². The van der Waals surface area contributed by atoms with Crippen LogP contribution in [0.15, 0.2) is 48.5 Å². The molecule has 20 heavy (non-hydrogen) atoms. The van der Waals surface area contributed by atoms with E-state index in [1.807, 2.05) is 0 Å². The molecule has 0 fully saturated rings. The van der Waals surface area contributed by atoms with Gasteiger partial charge in [0, 0.05) is 12.2 Å². The molecule has 0 unspecified atom stereocenters. The molecular weight excluding hydrogens is 262 g/mol. The van der Waals surface area contributed by atoms with Gasteiger partial charge in [0.05, 0.1) is 0 Å². The maximum absolute atomic E-state index is 12.7. The van der Waals surface area contributed by atoms with E-state index in [-0.39, 0.29) is 17.7 Å². The number of anilines is 1. The van der Waals surface area contributed by atoms with Crippen LogP contribution in [0.5, 0.6) is 0 Å². The van der Waals surface area contributed by atoms with E-state index in [0.717, 1.165) is 5.56 Å². The van der Waals surface area contributed by atoms with Crippen LogP contribution < -0.4 is 10.6 Å². The molecule has 0 saturated carbocycles. The number of amides is 2. The van der Waals surface area contributed by atoms with Crippen molar-refractivity contribution in [1.29, 1.82) is 0 Å².